The van der Waals surface area contributed by atoms with Crippen LogP contribution in [0.2, 0.25) is 13.6 Å². The second-order valence-corrected chi connectivity index (χ2v) is 23.4. The summed E-state index contributed by atoms with van der Waals surface area (Å²) in [5.74, 6) is 0. The van der Waals surface area contributed by atoms with Crippen molar-refractivity contribution in [2.45, 2.75) is 120 Å². The molecule has 0 spiro atoms. The fourth-order valence-corrected chi connectivity index (χ4v) is 9.09. The van der Waals surface area contributed by atoms with Crippen molar-refractivity contribution in [2.24, 2.45) is 5.73 Å². The number of nitrogens with two attached hydrogens (primary N) is 1. The number of thiophene rings is 3. The lowest BCUT2D eigenvalue weighted by Gasteiger charge is -2.19. The first kappa shape index (κ1) is 65.6. The average molecular weight is 1180 g/mol. The third kappa shape index (κ3) is 24.0. The van der Waals surface area contributed by atoms with Gasteiger partial charge >= 0.3 is 29.3 Å². The van der Waals surface area contributed by atoms with E-state index < -0.39 is 23.4 Å². The number of carbonyl (C=O) groups excluding carboxylic acids is 2. The maximum absolute atomic E-state index is 13.1. The molecule has 0 saturated heterocycles. The molecule has 0 atom stereocenters. The van der Waals surface area contributed by atoms with E-state index in [1.165, 1.54) is 53.6 Å². The summed E-state index contributed by atoms with van der Waals surface area (Å²) in [5.41, 5.74) is 3.85. The summed E-state index contributed by atoms with van der Waals surface area (Å²) in [4.78, 5) is 65.5. The molecule has 19 nitrogen and oxygen atoms in total. The molecule has 0 aliphatic rings. The number of amides is 2. The number of alkyl carbamates (subject to hydrolysis) is 2. The number of ether oxygens (including phenoxy) is 2. The maximum atomic E-state index is 13.1. The van der Waals surface area contributed by atoms with Gasteiger partial charge in [0.05, 0.1) is 62.0 Å². The van der Waals surface area contributed by atoms with Crippen molar-refractivity contribution < 1.29 is 32.2 Å². The van der Waals surface area contributed by atoms with E-state index >= 15 is 0 Å². The highest BCUT2D eigenvalue weighted by atomic mass is 79.9. The number of halogens is 4. The molecule has 76 heavy (non-hydrogen) atoms. The van der Waals surface area contributed by atoms with Crippen LogP contribution in [0.15, 0.2) is 109 Å². The lowest BCUT2D eigenvalue weighted by atomic mass is 9.88. The Morgan fingerprint density at radius 2 is 0.947 bits per heavy atom. The number of rotatable bonds is 17. The second kappa shape index (κ2) is 32.9. The lowest BCUT2D eigenvalue weighted by molar-refractivity contribution is 0.0520. The van der Waals surface area contributed by atoms with Crippen LogP contribution in [-0.2, 0) is 48.7 Å². The highest BCUT2D eigenvalue weighted by molar-refractivity contribution is 9.11. The fraction of sp³-hybridized carbons (Fsp3) is 0.429. The average Bonchev–Trinajstić information content (AvgIpc) is 4.24. The van der Waals surface area contributed by atoms with E-state index in [1.54, 1.807) is 64.2 Å². The molecular formula is C49H66BBrF3N12O7S3. The molecule has 6 heterocycles. The van der Waals surface area contributed by atoms with Crippen molar-refractivity contribution >= 4 is 69.4 Å². The predicted molar refractivity (Wildman–Crippen MR) is 299 cm³/mol. The number of nitrogens with zero attached hydrogens (tertiary/aromatic N) is 9. The minimum Gasteiger partial charge on any atom is -0.444 e. The molecule has 6 rings (SSSR count). The van der Waals surface area contributed by atoms with Gasteiger partial charge in [-0.2, -0.15) is 15.3 Å². The van der Waals surface area contributed by atoms with E-state index in [-0.39, 0.29) is 67.5 Å². The molecule has 6 aromatic heterocycles. The Hall–Kier alpha value is -6.47. The second-order valence-electron chi connectivity index (χ2n) is 18.1. The van der Waals surface area contributed by atoms with Crippen molar-refractivity contribution in [1.82, 2.24) is 53.7 Å². The standard InChI is InChI=1S/C17H23FN4O3S.C16H20BrFN4O3S.C12H15FN4OS.C2H6B.C2H2/c1-12-5-6-14(26-12)10-21-11-20-22(16(21)24)9-13(7-18)8-19-15(23)25-17(2,3)4;1-16(2,3)25-14(23)19-7-11(6-18)8-22-15(24)21(10-20-22)9-12-4-5-13(17)26-12;1-9-2-3-11(19-9)7-16-8-15-17(12(16)18)6-10(4-13)5-14;1-3-2;1-2/h5-7,11H,8-10H2,1-4H3,(H,19,23);4-6,10H,7-9H2,1-3H3,(H,19,23);2-4,8H,5-7,14H2,1H3;1-2H3;1-2H. The molecule has 413 valence electrons. The summed E-state index contributed by atoms with van der Waals surface area (Å²) in [5, 5.41) is 16.9. The van der Waals surface area contributed by atoms with E-state index in [2.05, 4.69) is 54.7 Å². The van der Waals surface area contributed by atoms with E-state index in [9.17, 15) is 37.1 Å². The SMILES string of the molecule is C#C.CC(C)(C)OC(=O)NCC(=CF)Cn1ncn(Cc2ccc(Br)s2)c1=O.C[B]C.Cc1ccc(Cn2cnn(CC(=CF)CN)c2=O)s1.Cc1ccc(Cn2cnn(CC(=CF)CNC(=O)OC(C)(C)C)c2=O)s1. The monoisotopic (exact) mass is 1180 g/mol. The molecule has 6 aromatic rings. The Morgan fingerprint density at radius 1 is 0.632 bits per heavy atom. The Morgan fingerprint density at radius 3 is 1.21 bits per heavy atom. The van der Waals surface area contributed by atoms with E-state index in [0.717, 1.165) is 32.7 Å². The van der Waals surface area contributed by atoms with E-state index in [1.807, 2.05) is 71.2 Å². The molecule has 0 unspecified atom stereocenters. The number of aromatic nitrogens is 9. The Bertz CT molecular complexity index is 2900. The Kier molecular flexibility index (Phi) is 28.4. The number of terminal acetylenes is 1. The topological polar surface area (TPSA) is 222 Å². The maximum Gasteiger partial charge on any atom is 0.407 e. The Labute approximate surface area is 461 Å². The summed E-state index contributed by atoms with van der Waals surface area (Å²) in [6.45, 7) is 19.6. The van der Waals surface area contributed by atoms with Gasteiger partial charge in [0.15, 0.2) is 0 Å². The van der Waals surface area contributed by atoms with Gasteiger partial charge in [0, 0.05) is 44.0 Å². The summed E-state index contributed by atoms with van der Waals surface area (Å²) in [6, 6.07) is 11.8. The zero-order valence-electron chi connectivity index (χ0n) is 44.2. The molecule has 1 radical (unpaired) electrons. The smallest absolute Gasteiger partial charge is 0.407 e. The molecule has 0 bridgehead atoms. The predicted octanol–water partition coefficient (Wildman–Crippen LogP) is 8.45. The van der Waals surface area contributed by atoms with Crippen molar-refractivity contribution in [1.29, 1.82) is 0 Å². The third-order valence-electron chi connectivity index (χ3n) is 9.09. The van der Waals surface area contributed by atoms with Gasteiger partial charge in [0.1, 0.15) is 37.5 Å². The largest absolute Gasteiger partial charge is 0.444 e. The van der Waals surface area contributed by atoms with Gasteiger partial charge in [-0.3, -0.25) is 13.7 Å². The fourth-order valence-electron chi connectivity index (χ4n) is 5.82. The molecule has 27 heteroatoms. The highest BCUT2D eigenvalue weighted by Crippen LogP contribution is 2.22. The minimum absolute atomic E-state index is 0.0540. The molecular weight excluding hydrogens is 1110 g/mol. The van der Waals surface area contributed by atoms with Gasteiger partial charge in [-0.25, -0.2) is 51.2 Å². The van der Waals surface area contributed by atoms with Crippen LogP contribution in [0.3, 0.4) is 0 Å². The van der Waals surface area contributed by atoms with Crippen LogP contribution < -0.4 is 33.4 Å². The first-order chi connectivity index (χ1) is 35.9. The normalized spacial score (nSPS) is 11.6. The van der Waals surface area contributed by atoms with Crippen molar-refractivity contribution in [3.63, 3.8) is 0 Å². The molecule has 0 saturated carbocycles. The number of nitrogens with one attached hydrogen (secondary N) is 2. The Balaban J connectivity index is 0.000000378. The molecule has 0 aliphatic heterocycles. The van der Waals surface area contributed by atoms with E-state index in [4.69, 9.17) is 15.2 Å². The van der Waals surface area contributed by atoms with E-state index in [0.29, 0.717) is 44.2 Å². The van der Waals surface area contributed by atoms with Crippen LogP contribution >= 0.6 is 49.9 Å². The van der Waals surface area contributed by atoms with Gasteiger partial charge in [-0.1, -0.05) is 13.6 Å². The minimum atomic E-state index is -0.655. The van der Waals surface area contributed by atoms with Crippen LogP contribution in [0.1, 0.15) is 65.9 Å². The number of hydrogen-bond donors (Lipinski definition) is 3. The van der Waals surface area contributed by atoms with Crippen LogP contribution in [0.5, 0.6) is 0 Å². The summed E-state index contributed by atoms with van der Waals surface area (Å²) < 4.78 is 57.7. The molecule has 2 amide bonds. The van der Waals surface area contributed by atoms with Crippen LogP contribution in [0.25, 0.3) is 0 Å². The molecule has 0 aromatic carbocycles. The lowest BCUT2D eigenvalue weighted by Crippen LogP contribution is -2.34. The van der Waals surface area contributed by atoms with Crippen molar-refractivity contribution in [2.75, 3.05) is 19.6 Å². The van der Waals surface area contributed by atoms with Crippen LogP contribution in [-0.4, -0.2) is 93.3 Å². The summed E-state index contributed by atoms with van der Waals surface area (Å²) in [7, 11) is 2.00. The van der Waals surface area contributed by atoms with Gasteiger partial charge in [-0.15, -0.1) is 46.9 Å². The third-order valence-corrected chi connectivity index (χ3v) is 12.7. The number of aryl methyl sites for hydroxylation is 2. The zero-order chi connectivity index (χ0) is 57.2. The number of hydrogen-bond acceptors (Lipinski definition) is 14. The quantitative estimate of drug-likeness (QED) is 0.0581. The summed E-state index contributed by atoms with van der Waals surface area (Å²) in [6.07, 6.45) is 12.1. The highest BCUT2D eigenvalue weighted by Gasteiger charge is 2.19. The zero-order valence-corrected chi connectivity index (χ0v) is 48.3. The number of carbonyl (C=O) groups is 2. The first-order valence-corrected chi connectivity index (χ1v) is 26.4. The van der Waals surface area contributed by atoms with Crippen molar-refractivity contribution in [3.05, 3.63) is 151 Å². The summed E-state index contributed by atoms with van der Waals surface area (Å²) >= 11 is 8.14. The molecule has 0 fully saturated rings. The first-order valence-electron chi connectivity index (χ1n) is 23.2. The van der Waals surface area contributed by atoms with Crippen molar-refractivity contribution in [3.8, 4) is 12.8 Å². The van der Waals surface area contributed by atoms with Gasteiger partial charge < -0.3 is 25.8 Å². The van der Waals surface area contributed by atoms with Crippen LogP contribution in [0, 0.1) is 26.7 Å². The van der Waals surface area contributed by atoms with Gasteiger partial charge in [-0.05, 0) is 124 Å². The molecule has 4 N–H and O–H groups in total. The van der Waals surface area contributed by atoms with Gasteiger partial charge in [0.25, 0.3) is 0 Å². The molecule has 0 aliphatic carbocycles. The van der Waals surface area contributed by atoms with Gasteiger partial charge in [0.2, 0.25) is 0 Å². The van der Waals surface area contributed by atoms with Crippen LogP contribution in [0.4, 0.5) is 22.8 Å².